The molecular weight excluding hydrogens is 197 g/mol. The number of hydrogen-bond donors (Lipinski definition) is 1. The molecule has 0 aliphatic rings. The molecule has 0 fully saturated rings. The van der Waals surface area contributed by atoms with Crippen LogP contribution in [0.15, 0.2) is 18.2 Å². The normalized spacial score (nSPS) is 9.46. The van der Waals surface area contributed by atoms with Crippen LogP contribution in [0, 0.1) is 5.82 Å². The van der Waals surface area contributed by atoms with Gasteiger partial charge in [-0.1, -0.05) is 11.6 Å². The van der Waals surface area contributed by atoms with E-state index in [0.29, 0.717) is 5.69 Å². The van der Waals surface area contributed by atoms with Crippen LogP contribution in [0.3, 0.4) is 0 Å². The predicted molar refractivity (Wildman–Crippen MR) is 47.4 cm³/mol. The number of amides is 1. The van der Waals surface area contributed by atoms with Crippen LogP contribution in [0.2, 0.25) is 5.02 Å². The first-order chi connectivity index (χ1) is 6.13. The molecule has 0 aliphatic heterocycles. The van der Waals surface area contributed by atoms with Gasteiger partial charge in [-0.15, -0.1) is 0 Å². The SMILES string of the molecule is COC(=O)Nc1ccc(F)cc1Cl. The van der Waals surface area contributed by atoms with Crippen molar-refractivity contribution in [3.63, 3.8) is 0 Å². The zero-order valence-electron chi connectivity index (χ0n) is 6.80. The number of anilines is 1. The van der Waals surface area contributed by atoms with Crippen LogP contribution in [0.25, 0.3) is 0 Å². The largest absolute Gasteiger partial charge is 0.453 e. The highest BCUT2D eigenvalue weighted by Gasteiger charge is 2.05. The minimum absolute atomic E-state index is 0.130. The molecule has 0 saturated carbocycles. The van der Waals surface area contributed by atoms with Crippen molar-refractivity contribution in [2.75, 3.05) is 12.4 Å². The van der Waals surface area contributed by atoms with E-state index >= 15 is 0 Å². The molecule has 1 amide bonds. The summed E-state index contributed by atoms with van der Waals surface area (Å²) in [6.45, 7) is 0. The Bertz CT molecular complexity index is 330. The Morgan fingerprint density at radius 3 is 2.85 bits per heavy atom. The number of rotatable bonds is 1. The van der Waals surface area contributed by atoms with Crippen molar-refractivity contribution in [2.45, 2.75) is 0 Å². The Labute approximate surface area is 79.5 Å². The molecule has 0 saturated heterocycles. The second kappa shape index (κ2) is 4.09. The van der Waals surface area contributed by atoms with E-state index in [2.05, 4.69) is 10.1 Å². The average Bonchev–Trinajstić information content (AvgIpc) is 2.09. The fraction of sp³-hybridized carbons (Fsp3) is 0.125. The van der Waals surface area contributed by atoms with E-state index in [-0.39, 0.29) is 5.02 Å². The van der Waals surface area contributed by atoms with Crippen molar-refractivity contribution in [1.82, 2.24) is 0 Å². The minimum atomic E-state index is -0.645. The number of halogens is 2. The van der Waals surface area contributed by atoms with E-state index in [4.69, 9.17) is 11.6 Å². The van der Waals surface area contributed by atoms with Gasteiger partial charge in [0.1, 0.15) is 5.82 Å². The van der Waals surface area contributed by atoms with Gasteiger partial charge in [0, 0.05) is 0 Å². The van der Waals surface area contributed by atoms with Crippen LogP contribution in [-0.2, 0) is 4.74 Å². The maximum atomic E-state index is 12.5. The first-order valence-corrected chi connectivity index (χ1v) is 3.81. The molecule has 1 N–H and O–H groups in total. The molecule has 0 aliphatic carbocycles. The topological polar surface area (TPSA) is 38.3 Å². The summed E-state index contributed by atoms with van der Waals surface area (Å²) in [4.78, 5) is 10.7. The van der Waals surface area contributed by atoms with Crippen LogP contribution in [0.1, 0.15) is 0 Å². The van der Waals surface area contributed by atoms with E-state index in [1.54, 1.807) is 0 Å². The van der Waals surface area contributed by atoms with E-state index in [0.717, 1.165) is 6.07 Å². The molecule has 0 bridgehead atoms. The molecule has 13 heavy (non-hydrogen) atoms. The van der Waals surface area contributed by atoms with Gasteiger partial charge in [0.2, 0.25) is 0 Å². The molecule has 0 unspecified atom stereocenters. The van der Waals surface area contributed by atoms with Gasteiger partial charge in [0.05, 0.1) is 17.8 Å². The van der Waals surface area contributed by atoms with Crippen molar-refractivity contribution in [3.05, 3.63) is 29.0 Å². The first kappa shape index (κ1) is 9.80. The predicted octanol–water partition coefficient (Wildman–Crippen LogP) is 2.66. The molecule has 0 heterocycles. The number of carbonyl (C=O) groups is 1. The number of benzene rings is 1. The third-order valence-electron chi connectivity index (χ3n) is 1.35. The fourth-order valence-corrected chi connectivity index (χ4v) is 0.966. The van der Waals surface area contributed by atoms with Crippen LogP contribution in [0.5, 0.6) is 0 Å². The number of methoxy groups -OCH3 is 1. The quantitative estimate of drug-likeness (QED) is 0.762. The maximum Gasteiger partial charge on any atom is 0.411 e. The lowest BCUT2D eigenvalue weighted by molar-refractivity contribution is 0.187. The van der Waals surface area contributed by atoms with Crippen molar-refractivity contribution in [2.24, 2.45) is 0 Å². The molecule has 0 spiro atoms. The lowest BCUT2D eigenvalue weighted by atomic mass is 10.3. The lowest BCUT2D eigenvalue weighted by Gasteiger charge is -2.04. The Kier molecular flexibility index (Phi) is 3.08. The first-order valence-electron chi connectivity index (χ1n) is 3.43. The Balaban J connectivity index is 2.83. The van der Waals surface area contributed by atoms with Gasteiger partial charge in [-0.2, -0.15) is 0 Å². The molecule has 3 nitrogen and oxygen atoms in total. The summed E-state index contributed by atoms with van der Waals surface area (Å²) in [5.41, 5.74) is 0.315. The van der Waals surface area contributed by atoms with Gasteiger partial charge >= 0.3 is 6.09 Å². The van der Waals surface area contributed by atoms with Crippen molar-refractivity contribution >= 4 is 23.4 Å². The maximum absolute atomic E-state index is 12.5. The van der Waals surface area contributed by atoms with E-state index < -0.39 is 11.9 Å². The fourth-order valence-electron chi connectivity index (χ4n) is 0.752. The van der Waals surface area contributed by atoms with Crippen molar-refractivity contribution in [3.8, 4) is 0 Å². The third-order valence-corrected chi connectivity index (χ3v) is 1.67. The number of nitrogens with one attached hydrogen (secondary N) is 1. The molecular formula is C8H7ClFNO2. The van der Waals surface area contributed by atoms with E-state index in [1.165, 1.54) is 19.2 Å². The number of ether oxygens (including phenoxy) is 1. The van der Waals surface area contributed by atoms with E-state index in [1.807, 2.05) is 0 Å². The Morgan fingerprint density at radius 1 is 1.62 bits per heavy atom. The summed E-state index contributed by atoms with van der Waals surface area (Å²) >= 11 is 5.62. The molecule has 1 aromatic rings. The molecule has 0 atom stereocenters. The Morgan fingerprint density at radius 2 is 2.31 bits per heavy atom. The van der Waals surface area contributed by atoms with Crippen molar-refractivity contribution < 1.29 is 13.9 Å². The Hall–Kier alpha value is -1.29. The number of hydrogen-bond acceptors (Lipinski definition) is 2. The number of carbonyl (C=O) groups excluding carboxylic acids is 1. The second-order valence-corrected chi connectivity index (χ2v) is 2.65. The highest BCUT2D eigenvalue weighted by molar-refractivity contribution is 6.33. The molecule has 0 aromatic heterocycles. The van der Waals surface area contributed by atoms with Crippen LogP contribution < -0.4 is 5.32 Å². The summed E-state index contributed by atoms with van der Waals surface area (Å²) in [7, 11) is 1.23. The summed E-state index contributed by atoms with van der Waals surface area (Å²) in [5.74, 6) is -0.458. The zero-order chi connectivity index (χ0) is 9.84. The molecule has 0 radical (unpaired) electrons. The van der Waals surface area contributed by atoms with Gasteiger partial charge < -0.3 is 4.74 Å². The highest BCUT2D eigenvalue weighted by Crippen LogP contribution is 2.22. The molecule has 1 aromatic carbocycles. The van der Waals surface area contributed by atoms with Gasteiger partial charge in [-0.05, 0) is 18.2 Å². The summed E-state index contributed by atoms with van der Waals surface area (Å²) in [5, 5.41) is 2.46. The summed E-state index contributed by atoms with van der Waals surface area (Å²) in [6, 6.07) is 3.65. The second-order valence-electron chi connectivity index (χ2n) is 2.24. The minimum Gasteiger partial charge on any atom is -0.453 e. The van der Waals surface area contributed by atoms with Gasteiger partial charge in [-0.3, -0.25) is 5.32 Å². The zero-order valence-corrected chi connectivity index (χ0v) is 7.56. The summed E-state index contributed by atoms with van der Waals surface area (Å²) in [6.07, 6.45) is -0.645. The van der Waals surface area contributed by atoms with Gasteiger partial charge in [0.25, 0.3) is 0 Å². The smallest absolute Gasteiger partial charge is 0.411 e. The van der Waals surface area contributed by atoms with Crippen LogP contribution in [-0.4, -0.2) is 13.2 Å². The monoisotopic (exact) mass is 203 g/mol. The van der Waals surface area contributed by atoms with Gasteiger partial charge in [-0.25, -0.2) is 9.18 Å². The van der Waals surface area contributed by atoms with Crippen LogP contribution >= 0.6 is 11.6 Å². The van der Waals surface area contributed by atoms with Crippen LogP contribution in [0.4, 0.5) is 14.9 Å². The third kappa shape index (κ3) is 2.59. The highest BCUT2D eigenvalue weighted by atomic mass is 35.5. The molecule has 70 valence electrons. The summed E-state index contributed by atoms with van der Waals surface area (Å²) < 4.78 is 16.9. The molecule has 1 rings (SSSR count). The lowest BCUT2D eigenvalue weighted by Crippen LogP contribution is -2.11. The standard InChI is InChI=1S/C8H7ClFNO2/c1-13-8(12)11-7-3-2-5(10)4-6(7)9/h2-4H,1H3,(H,11,12). The average molecular weight is 204 g/mol. The molecule has 5 heteroatoms. The van der Waals surface area contributed by atoms with Crippen molar-refractivity contribution in [1.29, 1.82) is 0 Å². The van der Waals surface area contributed by atoms with E-state index in [9.17, 15) is 9.18 Å². The van der Waals surface area contributed by atoms with Gasteiger partial charge in [0.15, 0.2) is 0 Å².